The first-order valence-corrected chi connectivity index (χ1v) is 11.4. The summed E-state index contributed by atoms with van der Waals surface area (Å²) in [5.41, 5.74) is 7.89. The SMILES string of the molecule is C=C(C)C(=O)OCc1ccc(N(c2ccc(COC(=O)C(=C)C)cc2)c2ccc(C)c(C)c2)cc1. The van der Waals surface area contributed by atoms with Crippen molar-refractivity contribution in [3.05, 3.63) is 113 Å². The minimum absolute atomic E-state index is 0.188. The largest absolute Gasteiger partial charge is 0.457 e. The lowest BCUT2D eigenvalue weighted by atomic mass is 10.1. The molecule has 3 aromatic carbocycles. The van der Waals surface area contributed by atoms with E-state index in [0.717, 1.165) is 28.2 Å². The van der Waals surface area contributed by atoms with Crippen molar-refractivity contribution in [1.29, 1.82) is 0 Å². The van der Waals surface area contributed by atoms with Gasteiger partial charge >= 0.3 is 11.9 Å². The van der Waals surface area contributed by atoms with Crippen LogP contribution < -0.4 is 4.90 Å². The van der Waals surface area contributed by atoms with Crippen molar-refractivity contribution in [2.24, 2.45) is 0 Å². The molecule has 3 rings (SSSR count). The van der Waals surface area contributed by atoms with Gasteiger partial charge in [-0.3, -0.25) is 0 Å². The van der Waals surface area contributed by atoms with Crippen molar-refractivity contribution in [3.8, 4) is 0 Å². The molecule has 0 heterocycles. The number of hydrogen-bond acceptors (Lipinski definition) is 5. The molecule has 180 valence electrons. The Morgan fingerprint density at radius 2 is 1.06 bits per heavy atom. The molecule has 0 spiro atoms. The van der Waals surface area contributed by atoms with Crippen LogP contribution in [-0.2, 0) is 32.3 Å². The molecule has 0 atom stereocenters. The standard InChI is InChI=1S/C30H31NO4/c1-20(2)29(32)34-18-24-8-13-26(14-9-24)31(28-12-7-22(5)23(6)17-28)27-15-10-25(11-16-27)19-35-30(33)21(3)4/h7-17H,1,3,18-19H2,2,4-6H3. The van der Waals surface area contributed by atoms with Gasteiger partial charge in [0, 0.05) is 28.2 Å². The smallest absolute Gasteiger partial charge is 0.333 e. The summed E-state index contributed by atoms with van der Waals surface area (Å²) < 4.78 is 10.5. The topological polar surface area (TPSA) is 55.8 Å². The van der Waals surface area contributed by atoms with Crippen LogP contribution in [0.4, 0.5) is 17.1 Å². The molecule has 5 nitrogen and oxygen atoms in total. The van der Waals surface area contributed by atoms with Gasteiger partial charge in [0.1, 0.15) is 13.2 Å². The molecule has 0 bridgehead atoms. The minimum atomic E-state index is -0.403. The summed E-state index contributed by atoms with van der Waals surface area (Å²) in [4.78, 5) is 25.6. The van der Waals surface area contributed by atoms with Crippen LogP contribution in [-0.4, -0.2) is 11.9 Å². The highest BCUT2D eigenvalue weighted by Gasteiger charge is 2.14. The lowest BCUT2D eigenvalue weighted by Gasteiger charge is -2.26. The highest BCUT2D eigenvalue weighted by atomic mass is 16.5. The number of esters is 2. The minimum Gasteiger partial charge on any atom is -0.457 e. The maximum absolute atomic E-state index is 11.7. The number of ether oxygens (including phenoxy) is 2. The number of rotatable bonds is 9. The molecule has 0 saturated carbocycles. The maximum Gasteiger partial charge on any atom is 0.333 e. The van der Waals surface area contributed by atoms with Crippen LogP contribution in [0.15, 0.2) is 91.0 Å². The van der Waals surface area contributed by atoms with E-state index in [2.05, 4.69) is 50.1 Å². The van der Waals surface area contributed by atoms with E-state index in [4.69, 9.17) is 9.47 Å². The van der Waals surface area contributed by atoms with Gasteiger partial charge in [-0.1, -0.05) is 43.5 Å². The molecule has 0 aromatic heterocycles. The second-order valence-corrected chi connectivity index (χ2v) is 8.65. The Kier molecular flexibility index (Phi) is 8.26. The van der Waals surface area contributed by atoms with Gasteiger partial charge in [0.05, 0.1) is 0 Å². The third-order valence-corrected chi connectivity index (χ3v) is 5.57. The average Bonchev–Trinajstić information content (AvgIpc) is 2.84. The molecule has 0 aliphatic rings. The van der Waals surface area contributed by atoms with Gasteiger partial charge in [0.25, 0.3) is 0 Å². The highest BCUT2D eigenvalue weighted by Crippen LogP contribution is 2.35. The molecule has 0 radical (unpaired) electrons. The lowest BCUT2D eigenvalue weighted by Crippen LogP contribution is -2.11. The second-order valence-electron chi connectivity index (χ2n) is 8.65. The van der Waals surface area contributed by atoms with Crippen molar-refractivity contribution in [3.63, 3.8) is 0 Å². The molecule has 0 amide bonds. The van der Waals surface area contributed by atoms with E-state index in [-0.39, 0.29) is 13.2 Å². The second kappa shape index (κ2) is 11.3. The van der Waals surface area contributed by atoms with Gasteiger partial charge in [-0.2, -0.15) is 0 Å². The number of benzene rings is 3. The van der Waals surface area contributed by atoms with E-state index in [1.54, 1.807) is 13.8 Å². The first-order valence-electron chi connectivity index (χ1n) is 11.4. The molecule has 0 saturated heterocycles. The Morgan fingerprint density at radius 3 is 1.43 bits per heavy atom. The molecule has 5 heteroatoms. The van der Waals surface area contributed by atoms with Crippen LogP contribution in [0.1, 0.15) is 36.1 Å². The summed E-state index contributed by atoms with van der Waals surface area (Å²) in [6.07, 6.45) is 0. The first kappa shape index (κ1) is 25.5. The number of nitrogens with zero attached hydrogens (tertiary/aromatic N) is 1. The van der Waals surface area contributed by atoms with Gasteiger partial charge in [0.2, 0.25) is 0 Å². The van der Waals surface area contributed by atoms with Gasteiger partial charge in [-0.15, -0.1) is 0 Å². The van der Waals surface area contributed by atoms with Gasteiger partial charge in [-0.05, 0) is 86.3 Å². The number of carbonyl (C=O) groups excluding carboxylic acids is 2. The van der Waals surface area contributed by atoms with E-state index < -0.39 is 11.9 Å². The fraction of sp³-hybridized carbons (Fsp3) is 0.200. The fourth-order valence-electron chi connectivity index (χ4n) is 3.34. The zero-order valence-electron chi connectivity index (χ0n) is 20.8. The summed E-state index contributed by atoms with van der Waals surface area (Å²) in [5.74, 6) is -0.806. The van der Waals surface area contributed by atoms with Crippen molar-refractivity contribution < 1.29 is 19.1 Å². The third-order valence-electron chi connectivity index (χ3n) is 5.57. The third kappa shape index (κ3) is 6.70. The van der Waals surface area contributed by atoms with Crippen LogP contribution in [0.25, 0.3) is 0 Å². The zero-order chi connectivity index (χ0) is 25.5. The van der Waals surface area contributed by atoms with Crippen molar-refractivity contribution in [2.75, 3.05) is 4.90 Å². The average molecular weight is 470 g/mol. The van der Waals surface area contributed by atoms with E-state index in [9.17, 15) is 9.59 Å². The van der Waals surface area contributed by atoms with Crippen LogP contribution >= 0.6 is 0 Å². The lowest BCUT2D eigenvalue weighted by molar-refractivity contribution is -0.141. The predicted octanol–water partition coefficient (Wildman–Crippen LogP) is 7.01. The van der Waals surface area contributed by atoms with E-state index in [1.807, 2.05) is 48.5 Å². The zero-order valence-corrected chi connectivity index (χ0v) is 20.8. The predicted molar refractivity (Wildman–Crippen MR) is 140 cm³/mol. The Morgan fingerprint density at radius 1 is 0.657 bits per heavy atom. The van der Waals surface area contributed by atoms with E-state index in [1.165, 1.54) is 11.1 Å². The van der Waals surface area contributed by atoms with Crippen LogP contribution in [0, 0.1) is 13.8 Å². The molecule has 0 unspecified atom stereocenters. The number of hydrogen-bond donors (Lipinski definition) is 0. The molecule has 3 aromatic rings. The van der Waals surface area contributed by atoms with Crippen molar-refractivity contribution in [1.82, 2.24) is 0 Å². The number of aryl methyl sites for hydroxylation is 2. The number of anilines is 3. The molecule has 0 fully saturated rings. The maximum atomic E-state index is 11.7. The quantitative estimate of drug-likeness (QED) is 0.249. The molecule has 0 aliphatic carbocycles. The van der Waals surface area contributed by atoms with Gasteiger partial charge in [0.15, 0.2) is 0 Å². The Hall–Kier alpha value is -4.12. The van der Waals surface area contributed by atoms with Crippen molar-refractivity contribution >= 4 is 29.0 Å². The number of carbonyl (C=O) groups is 2. The first-order chi connectivity index (χ1) is 16.7. The molecule has 35 heavy (non-hydrogen) atoms. The normalized spacial score (nSPS) is 10.4. The summed E-state index contributed by atoms with van der Waals surface area (Å²) >= 11 is 0. The van der Waals surface area contributed by atoms with Crippen molar-refractivity contribution in [2.45, 2.75) is 40.9 Å². The Balaban J connectivity index is 1.88. The molecular weight excluding hydrogens is 438 g/mol. The fourth-order valence-corrected chi connectivity index (χ4v) is 3.34. The Labute approximate surface area is 207 Å². The molecular formula is C30H31NO4. The summed E-state index contributed by atoms with van der Waals surface area (Å²) in [5, 5.41) is 0. The van der Waals surface area contributed by atoms with E-state index in [0.29, 0.717) is 11.1 Å². The van der Waals surface area contributed by atoms with Crippen LogP contribution in [0.3, 0.4) is 0 Å². The van der Waals surface area contributed by atoms with E-state index >= 15 is 0 Å². The van der Waals surface area contributed by atoms with Crippen LogP contribution in [0.2, 0.25) is 0 Å². The van der Waals surface area contributed by atoms with Gasteiger partial charge < -0.3 is 14.4 Å². The summed E-state index contributed by atoms with van der Waals surface area (Å²) in [6.45, 7) is 15.0. The monoisotopic (exact) mass is 469 g/mol. The highest BCUT2D eigenvalue weighted by molar-refractivity contribution is 5.87. The summed E-state index contributed by atoms with van der Waals surface area (Å²) in [7, 11) is 0. The van der Waals surface area contributed by atoms with Gasteiger partial charge in [-0.25, -0.2) is 9.59 Å². The Bertz CT molecular complexity index is 1170. The summed E-state index contributed by atoms with van der Waals surface area (Å²) in [6, 6.07) is 22.1. The van der Waals surface area contributed by atoms with Crippen LogP contribution in [0.5, 0.6) is 0 Å². The molecule has 0 N–H and O–H groups in total. The molecule has 0 aliphatic heterocycles.